The van der Waals surface area contributed by atoms with Crippen molar-refractivity contribution >= 4 is 27.5 Å². The summed E-state index contributed by atoms with van der Waals surface area (Å²) >= 11 is 3.39. The summed E-state index contributed by atoms with van der Waals surface area (Å²) < 4.78 is 12.4. The fourth-order valence-corrected chi connectivity index (χ4v) is 2.92. The van der Waals surface area contributed by atoms with E-state index in [-0.39, 0.29) is 12.5 Å². The summed E-state index contributed by atoms with van der Waals surface area (Å²) in [6, 6.07) is 23.8. The van der Waals surface area contributed by atoms with Crippen molar-refractivity contribution < 1.29 is 13.9 Å². The SMILES string of the molecule is O=C(Nc1ccccc1)c1ccccc1OCc1nnc(-c2ccc(Br)cc2)o1. The van der Waals surface area contributed by atoms with Crippen LogP contribution in [0.15, 0.2) is 87.8 Å². The van der Waals surface area contributed by atoms with Gasteiger partial charge >= 0.3 is 0 Å². The van der Waals surface area contributed by atoms with Crippen LogP contribution in [-0.4, -0.2) is 16.1 Å². The van der Waals surface area contributed by atoms with Crippen molar-refractivity contribution in [2.75, 3.05) is 5.32 Å². The number of carbonyl (C=O) groups is 1. The number of nitrogens with zero attached hydrogens (tertiary/aromatic N) is 2. The maximum absolute atomic E-state index is 12.6. The largest absolute Gasteiger partial charge is 0.483 e. The quantitative estimate of drug-likeness (QED) is 0.430. The molecule has 6 nitrogen and oxygen atoms in total. The lowest BCUT2D eigenvalue weighted by molar-refractivity contribution is 0.102. The number of hydrogen-bond acceptors (Lipinski definition) is 5. The van der Waals surface area contributed by atoms with Crippen LogP contribution in [-0.2, 0) is 6.61 Å². The van der Waals surface area contributed by atoms with E-state index >= 15 is 0 Å². The van der Waals surface area contributed by atoms with Crippen LogP contribution in [0.25, 0.3) is 11.5 Å². The number of ether oxygens (including phenoxy) is 1. The van der Waals surface area contributed by atoms with Crippen LogP contribution in [0.1, 0.15) is 16.2 Å². The van der Waals surface area contributed by atoms with Gasteiger partial charge in [0.15, 0.2) is 6.61 Å². The number of rotatable bonds is 6. The van der Waals surface area contributed by atoms with E-state index in [0.29, 0.717) is 28.8 Å². The van der Waals surface area contributed by atoms with Crippen LogP contribution in [0.3, 0.4) is 0 Å². The lowest BCUT2D eigenvalue weighted by Gasteiger charge is -2.10. The molecule has 0 spiro atoms. The Morgan fingerprint density at radius 2 is 1.66 bits per heavy atom. The molecular weight excluding hydrogens is 434 g/mol. The first kappa shape index (κ1) is 18.9. The lowest BCUT2D eigenvalue weighted by atomic mass is 10.2. The third kappa shape index (κ3) is 4.70. The Hall–Kier alpha value is -3.45. The van der Waals surface area contributed by atoms with Gasteiger partial charge in [0.05, 0.1) is 5.56 Å². The first-order valence-electron chi connectivity index (χ1n) is 8.85. The molecule has 144 valence electrons. The number of amides is 1. The third-order valence-corrected chi connectivity index (χ3v) is 4.60. The Kier molecular flexibility index (Phi) is 5.67. The Morgan fingerprint density at radius 1 is 0.931 bits per heavy atom. The molecule has 7 heteroatoms. The smallest absolute Gasteiger partial charge is 0.259 e. The summed E-state index contributed by atoms with van der Waals surface area (Å²) in [6.07, 6.45) is 0. The molecule has 0 aliphatic heterocycles. The number of anilines is 1. The first-order chi connectivity index (χ1) is 14.2. The molecular formula is C22H16BrN3O3. The van der Waals surface area contributed by atoms with E-state index in [1.165, 1.54) is 0 Å². The van der Waals surface area contributed by atoms with Crippen molar-refractivity contribution in [3.63, 3.8) is 0 Å². The Balaban J connectivity index is 1.45. The number of aromatic nitrogens is 2. The van der Waals surface area contributed by atoms with Crippen molar-refractivity contribution in [3.8, 4) is 17.2 Å². The van der Waals surface area contributed by atoms with E-state index in [1.807, 2.05) is 54.6 Å². The summed E-state index contributed by atoms with van der Waals surface area (Å²) in [5.74, 6) is 0.907. The van der Waals surface area contributed by atoms with Crippen LogP contribution in [0, 0.1) is 0 Å². The minimum atomic E-state index is -0.257. The standard InChI is InChI=1S/C22H16BrN3O3/c23-16-12-10-15(11-13-16)22-26-25-20(29-22)14-28-19-9-5-4-8-18(19)21(27)24-17-6-2-1-3-7-17/h1-13H,14H2,(H,24,27). The summed E-state index contributed by atoms with van der Waals surface area (Å²) in [5, 5.41) is 10.9. The molecule has 1 amide bonds. The van der Waals surface area contributed by atoms with E-state index in [4.69, 9.17) is 9.15 Å². The number of nitrogens with one attached hydrogen (secondary N) is 1. The van der Waals surface area contributed by atoms with Crippen molar-refractivity contribution in [1.82, 2.24) is 10.2 Å². The molecule has 0 saturated heterocycles. The molecule has 0 radical (unpaired) electrons. The molecule has 4 rings (SSSR count). The number of benzene rings is 3. The zero-order valence-corrected chi connectivity index (χ0v) is 16.8. The van der Waals surface area contributed by atoms with E-state index in [9.17, 15) is 4.79 Å². The highest BCUT2D eigenvalue weighted by atomic mass is 79.9. The molecule has 3 aromatic carbocycles. The molecule has 29 heavy (non-hydrogen) atoms. The first-order valence-corrected chi connectivity index (χ1v) is 9.65. The van der Waals surface area contributed by atoms with Gasteiger partial charge in [0, 0.05) is 15.7 Å². The number of para-hydroxylation sites is 2. The van der Waals surface area contributed by atoms with Gasteiger partial charge in [-0.2, -0.15) is 0 Å². The molecule has 4 aromatic rings. The number of carbonyl (C=O) groups excluding carboxylic acids is 1. The van der Waals surface area contributed by atoms with E-state index < -0.39 is 0 Å². The molecule has 0 bridgehead atoms. The molecule has 0 unspecified atom stereocenters. The third-order valence-electron chi connectivity index (χ3n) is 4.07. The van der Waals surface area contributed by atoms with Gasteiger partial charge in [0.2, 0.25) is 5.89 Å². The van der Waals surface area contributed by atoms with Crippen LogP contribution in [0.2, 0.25) is 0 Å². The monoisotopic (exact) mass is 449 g/mol. The molecule has 0 atom stereocenters. The van der Waals surface area contributed by atoms with Gasteiger partial charge in [0.25, 0.3) is 11.8 Å². The maximum Gasteiger partial charge on any atom is 0.259 e. The highest BCUT2D eigenvalue weighted by molar-refractivity contribution is 9.10. The summed E-state index contributed by atoms with van der Waals surface area (Å²) in [4.78, 5) is 12.6. The summed E-state index contributed by atoms with van der Waals surface area (Å²) in [7, 11) is 0. The molecule has 1 N–H and O–H groups in total. The number of halogens is 1. The van der Waals surface area contributed by atoms with Gasteiger partial charge in [0.1, 0.15) is 5.75 Å². The zero-order chi connectivity index (χ0) is 20.1. The zero-order valence-electron chi connectivity index (χ0n) is 15.2. The van der Waals surface area contributed by atoms with Crippen molar-refractivity contribution in [2.45, 2.75) is 6.61 Å². The van der Waals surface area contributed by atoms with Crippen LogP contribution < -0.4 is 10.1 Å². The van der Waals surface area contributed by atoms with Crippen LogP contribution in [0.4, 0.5) is 5.69 Å². The van der Waals surface area contributed by atoms with E-state index in [2.05, 4.69) is 31.4 Å². The highest BCUT2D eigenvalue weighted by Crippen LogP contribution is 2.23. The fourth-order valence-electron chi connectivity index (χ4n) is 2.66. The highest BCUT2D eigenvalue weighted by Gasteiger charge is 2.14. The van der Waals surface area contributed by atoms with Crippen LogP contribution >= 0.6 is 15.9 Å². The average molecular weight is 450 g/mol. The van der Waals surface area contributed by atoms with E-state index in [0.717, 1.165) is 10.0 Å². The molecule has 0 aliphatic carbocycles. The van der Waals surface area contributed by atoms with E-state index in [1.54, 1.807) is 24.3 Å². The average Bonchev–Trinajstić information content (AvgIpc) is 3.23. The van der Waals surface area contributed by atoms with Gasteiger partial charge < -0.3 is 14.5 Å². The van der Waals surface area contributed by atoms with Gasteiger partial charge in [-0.3, -0.25) is 4.79 Å². The molecule has 1 heterocycles. The Labute approximate surface area is 175 Å². The second kappa shape index (κ2) is 8.70. The van der Waals surface area contributed by atoms with Crippen molar-refractivity contribution in [3.05, 3.63) is 94.8 Å². The van der Waals surface area contributed by atoms with Crippen molar-refractivity contribution in [1.29, 1.82) is 0 Å². The minimum absolute atomic E-state index is 0.0547. The van der Waals surface area contributed by atoms with Crippen LogP contribution in [0.5, 0.6) is 5.75 Å². The topological polar surface area (TPSA) is 77.2 Å². The Morgan fingerprint density at radius 3 is 2.45 bits per heavy atom. The van der Waals surface area contributed by atoms with Gasteiger partial charge in [-0.15, -0.1) is 10.2 Å². The lowest BCUT2D eigenvalue weighted by Crippen LogP contribution is -2.13. The molecule has 0 saturated carbocycles. The predicted octanol–water partition coefficient (Wildman–Crippen LogP) is 5.33. The normalized spacial score (nSPS) is 10.5. The minimum Gasteiger partial charge on any atom is -0.483 e. The summed E-state index contributed by atoms with van der Waals surface area (Å²) in [5.41, 5.74) is 1.95. The van der Waals surface area contributed by atoms with Crippen molar-refractivity contribution in [2.24, 2.45) is 0 Å². The van der Waals surface area contributed by atoms with Gasteiger partial charge in [-0.1, -0.05) is 46.3 Å². The van der Waals surface area contributed by atoms with Gasteiger partial charge in [-0.25, -0.2) is 0 Å². The predicted molar refractivity (Wildman–Crippen MR) is 113 cm³/mol. The summed E-state index contributed by atoms with van der Waals surface area (Å²) in [6.45, 7) is 0.0547. The molecule has 1 aromatic heterocycles. The van der Waals surface area contributed by atoms with Gasteiger partial charge in [-0.05, 0) is 48.5 Å². The second-order valence-electron chi connectivity index (χ2n) is 6.11. The molecule has 0 aliphatic rings. The molecule has 0 fully saturated rings. The number of hydrogen-bond donors (Lipinski definition) is 1. The second-order valence-corrected chi connectivity index (χ2v) is 7.03. The Bertz CT molecular complexity index is 1110. The fraction of sp³-hybridized carbons (Fsp3) is 0.0455. The maximum atomic E-state index is 12.6.